The highest BCUT2D eigenvalue weighted by atomic mass is 79.9. The number of anilines is 1. The summed E-state index contributed by atoms with van der Waals surface area (Å²) in [6.45, 7) is 0.411. The number of rotatable bonds is 2. The lowest BCUT2D eigenvalue weighted by molar-refractivity contribution is -0.116. The summed E-state index contributed by atoms with van der Waals surface area (Å²) in [6, 6.07) is 5.94. The molecule has 0 aliphatic carbocycles. The van der Waals surface area contributed by atoms with Gasteiger partial charge in [-0.1, -0.05) is 6.07 Å². The fourth-order valence-electron chi connectivity index (χ4n) is 2.22. The van der Waals surface area contributed by atoms with Crippen molar-refractivity contribution in [2.75, 3.05) is 5.32 Å². The molecule has 0 saturated carbocycles. The Labute approximate surface area is 118 Å². The van der Waals surface area contributed by atoms with E-state index >= 15 is 0 Å². The number of nitrogens with one attached hydrogen (secondary N) is 2. The second-order valence-corrected chi connectivity index (χ2v) is 5.28. The number of H-pyrrole nitrogens is 1. The summed E-state index contributed by atoms with van der Waals surface area (Å²) in [5, 5.41) is 10.1. The number of carbonyl (C=O) groups is 1. The van der Waals surface area contributed by atoms with Gasteiger partial charge in [-0.05, 0) is 40.0 Å². The number of aromatic amines is 1. The Morgan fingerprint density at radius 1 is 1.37 bits per heavy atom. The van der Waals surface area contributed by atoms with Gasteiger partial charge in [-0.2, -0.15) is 5.10 Å². The Kier molecular flexibility index (Phi) is 3.12. The number of aryl methyl sites for hydroxylation is 1. The van der Waals surface area contributed by atoms with Crippen LogP contribution in [0.1, 0.15) is 17.7 Å². The third-order valence-electron chi connectivity index (χ3n) is 3.25. The number of amides is 1. The second kappa shape index (κ2) is 4.79. The monoisotopic (exact) mass is 320 g/mol. The molecule has 19 heavy (non-hydrogen) atoms. The van der Waals surface area contributed by atoms with E-state index in [1.165, 1.54) is 0 Å². The van der Waals surface area contributed by atoms with Crippen LogP contribution in [0.2, 0.25) is 0 Å². The Hall–Kier alpha value is -1.66. The molecule has 2 heterocycles. The lowest BCUT2D eigenvalue weighted by Crippen LogP contribution is -2.18. The predicted octanol–water partition coefficient (Wildman–Crippen LogP) is 2.18. The van der Waals surface area contributed by atoms with Gasteiger partial charge in [0.15, 0.2) is 0 Å². The summed E-state index contributed by atoms with van der Waals surface area (Å²) >= 11 is 3.51. The van der Waals surface area contributed by atoms with Crippen LogP contribution in [-0.4, -0.2) is 16.1 Å². The molecule has 0 atom stereocenters. The van der Waals surface area contributed by atoms with Crippen molar-refractivity contribution in [3.63, 3.8) is 0 Å². The van der Waals surface area contributed by atoms with Crippen LogP contribution in [0.3, 0.4) is 0 Å². The van der Waals surface area contributed by atoms with E-state index in [4.69, 9.17) is 5.73 Å². The Balaban J connectivity index is 2.02. The van der Waals surface area contributed by atoms with Crippen molar-refractivity contribution in [1.82, 2.24) is 10.2 Å². The summed E-state index contributed by atoms with van der Waals surface area (Å²) < 4.78 is 0.898. The third-order valence-corrected chi connectivity index (χ3v) is 4.11. The molecule has 1 aromatic heterocycles. The van der Waals surface area contributed by atoms with Gasteiger partial charge in [0.25, 0.3) is 0 Å². The van der Waals surface area contributed by atoms with Gasteiger partial charge in [-0.3, -0.25) is 9.89 Å². The molecule has 6 heteroatoms. The molecule has 1 aromatic carbocycles. The molecule has 3 rings (SSSR count). The first-order chi connectivity index (χ1) is 9.19. The van der Waals surface area contributed by atoms with Crippen molar-refractivity contribution in [2.24, 2.45) is 5.73 Å². The van der Waals surface area contributed by atoms with Crippen molar-refractivity contribution in [3.05, 3.63) is 33.9 Å². The zero-order valence-electron chi connectivity index (χ0n) is 10.2. The van der Waals surface area contributed by atoms with Crippen LogP contribution in [0.4, 0.5) is 5.69 Å². The summed E-state index contributed by atoms with van der Waals surface area (Å²) in [5.74, 6) is 0.0756. The van der Waals surface area contributed by atoms with Gasteiger partial charge >= 0.3 is 0 Å². The number of benzene rings is 1. The maximum absolute atomic E-state index is 11.3. The molecule has 0 saturated heterocycles. The molecule has 1 amide bonds. The molecule has 0 spiro atoms. The highest BCUT2D eigenvalue weighted by Crippen LogP contribution is 2.32. The molecular formula is C13H13BrN4O. The van der Waals surface area contributed by atoms with E-state index in [9.17, 15) is 4.79 Å². The maximum Gasteiger partial charge on any atom is 0.224 e. The number of nitrogens with zero attached hydrogens (tertiary/aromatic N) is 1. The van der Waals surface area contributed by atoms with Crippen molar-refractivity contribution >= 4 is 27.5 Å². The van der Waals surface area contributed by atoms with E-state index in [1.54, 1.807) is 0 Å². The second-order valence-electron chi connectivity index (χ2n) is 4.49. The van der Waals surface area contributed by atoms with E-state index in [0.717, 1.165) is 39.1 Å². The van der Waals surface area contributed by atoms with Crippen LogP contribution >= 0.6 is 15.9 Å². The first-order valence-corrected chi connectivity index (χ1v) is 6.84. The molecule has 98 valence electrons. The van der Waals surface area contributed by atoms with Crippen LogP contribution in [-0.2, 0) is 17.8 Å². The normalized spacial score (nSPS) is 14.1. The quantitative estimate of drug-likeness (QED) is 0.793. The molecular weight excluding hydrogens is 308 g/mol. The minimum Gasteiger partial charge on any atom is -0.326 e. The van der Waals surface area contributed by atoms with E-state index in [-0.39, 0.29) is 5.91 Å². The number of fused-ring (bicyclic) bond motifs is 1. The average Bonchev–Trinajstić information content (AvgIpc) is 2.79. The summed E-state index contributed by atoms with van der Waals surface area (Å²) in [4.78, 5) is 11.3. The number of hydrogen-bond donors (Lipinski definition) is 3. The Bertz CT molecular complexity index is 650. The van der Waals surface area contributed by atoms with Crippen molar-refractivity contribution < 1.29 is 4.79 Å². The smallest absolute Gasteiger partial charge is 0.224 e. The lowest BCUT2D eigenvalue weighted by Gasteiger charge is -2.17. The number of hydrogen-bond acceptors (Lipinski definition) is 3. The van der Waals surface area contributed by atoms with E-state index in [2.05, 4.69) is 37.5 Å². The first-order valence-electron chi connectivity index (χ1n) is 6.05. The molecule has 2 aromatic rings. The standard InChI is InChI=1S/C13H13BrN4O/c14-12-10(6-15)17-18-13(12)8-1-3-9-7(5-8)2-4-11(19)16-9/h1,3,5H,2,4,6,15H2,(H,16,19)(H,17,18). The van der Waals surface area contributed by atoms with E-state index in [0.29, 0.717) is 13.0 Å². The molecule has 5 nitrogen and oxygen atoms in total. The van der Waals surface area contributed by atoms with Gasteiger partial charge < -0.3 is 11.1 Å². The molecule has 4 N–H and O–H groups in total. The average molecular weight is 321 g/mol. The molecule has 0 fully saturated rings. The van der Waals surface area contributed by atoms with E-state index in [1.807, 2.05) is 12.1 Å². The highest BCUT2D eigenvalue weighted by Gasteiger charge is 2.17. The predicted molar refractivity (Wildman–Crippen MR) is 76.6 cm³/mol. The zero-order valence-corrected chi connectivity index (χ0v) is 11.8. The minimum absolute atomic E-state index is 0.0756. The lowest BCUT2D eigenvalue weighted by atomic mass is 9.99. The van der Waals surface area contributed by atoms with Crippen molar-refractivity contribution in [1.29, 1.82) is 0 Å². The van der Waals surface area contributed by atoms with Crippen LogP contribution in [0.15, 0.2) is 22.7 Å². The molecule has 0 bridgehead atoms. The van der Waals surface area contributed by atoms with Crippen LogP contribution in [0, 0.1) is 0 Å². The van der Waals surface area contributed by atoms with Gasteiger partial charge in [-0.25, -0.2) is 0 Å². The maximum atomic E-state index is 11.3. The highest BCUT2D eigenvalue weighted by molar-refractivity contribution is 9.10. The third kappa shape index (κ3) is 2.17. The molecule has 0 unspecified atom stereocenters. The molecule has 0 radical (unpaired) electrons. The Morgan fingerprint density at radius 3 is 2.95 bits per heavy atom. The van der Waals surface area contributed by atoms with Gasteiger partial charge in [0, 0.05) is 24.2 Å². The van der Waals surface area contributed by atoms with E-state index < -0.39 is 0 Å². The van der Waals surface area contributed by atoms with Crippen LogP contribution in [0.5, 0.6) is 0 Å². The van der Waals surface area contributed by atoms with Gasteiger partial charge in [0.05, 0.1) is 10.2 Å². The SMILES string of the molecule is NCc1[nH]nc(-c2ccc3c(c2)CCC(=O)N3)c1Br. The first kappa shape index (κ1) is 12.4. The Morgan fingerprint density at radius 2 is 2.21 bits per heavy atom. The van der Waals surface area contributed by atoms with Crippen molar-refractivity contribution in [2.45, 2.75) is 19.4 Å². The number of nitrogens with two attached hydrogens (primary N) is 1. The minimum atomic E-state index is 0.0756. The zero-order chi connectivity index (χ0) is 13.4. The van der Waals surface area contributed by atoms with Gasteiger partial charge in [-0.15, -0.1) is 0 Å². The van der Waals surface area contributed by atoms with Crippen LogP contribution in [0.25, 0.3) is 11.3 Å². The van der Waals surface area contributed by atoms with Crippen molar-refractivity contribution in [3.8, 4) is 11.3 Å². The van der Waals surface area contributed by atoms with Gasteiger partial charge in [0.2, 0.25) is 5.91 Å². The van der Waals surface area contributed by atoms with Crippen LogP contribution < -0.4 is 11.1 Å². The number of halogens is 1. The number of carbonyl (C=O) groups excluding carboxylic acids is 1. The van der Waals surface area contributed by atoms with Gasteiger partial charge in [0.1, 0.15) is 5.69 Å². The topological polar surface area (TPSA) is 83.8 Å². The fourth-order valence-corrected chi connectivity index (χ4v) is 2.79. The largest absolute Gasteiger partial charge is 0.326 e. The fraction of sp³-hybridized carbons (Fsp3) is 0.231. The summed E-state index contributed by atoms with van der Waals surface area (Å²) in [7, 11) is 0. The number of aromatic nitrogens is 2. The molecule has 1 aliphatic heterocycles. The summed E-state index contributed by atoms with van der Waals surface area (Å²) in [6.07, 6.45) is 1.30. The molecule has 1 aliphatic rings. The summed E-state index contributed by atoms with van der Waals surface area (Å²) in [5.41, 5.74) is 10.4.